The summed E-state index contributed by atoms with van der Waals surface area (Å²) in [5.74, 6) is -1.32. The molecule has 2 aromatic rings. The first-order chi connectivity index (χ1) is 12.6. The number of hydrogen-bond acceptors (Lipinski definition) is 7. The van der Waals surface area contributed by atoms with Gasteiger partial charge in [-0.05, 0) is 5.56 Å². The summed E-state index contributed by atoms with van der Waals surface area (Å²) in [6.07, 6.45) is 1.77. The van der Waals surface area contributed by atoms with Gasteiger partial charge in [-0.1, -0.05) is 35.5 Å². The zero-order valence-electron chi connectivity index (χ0n) is 13.6. The Morgan fingerprint density at radius 1 is 1.38 bits per heavy atom. The van der Waals surface area contributed by atoms with E-state index in [2.05, 4.69) is 20.8 Å². The molecule has 0 aliphatic heterocycles. The largest absolute Gasteiger partial charge is 0.398 e. The Bertz CT molecular complexity index is 810. The lowest BCUT2D eigenvalue weighted by Crippen LogP contribution is -2.36. The molecule has 0 aliphatic rings. The van der Waals surface area contributed by atoms with E-state index in [-0.39, 0.29) is 22.4 Å². The molecule has 26 heavy (non-hydrogen) atoms. The summed E-state index contributed by atoms with van der Waals surface area (Å²) in [5, 5.41) is 10.4. The smallest absolute Gasteiger partial charge is 0.276 e. The third kappa shape index (κ3) is 5.11. The van der Waals surface area contributed by atoms with Crippen molar-refractivity contribution < 1.29 is 19.2 Å². The quantitative estimate of drug-likeness (QED) is 0.402. The zero-order valence-corrected chi connectivity index (χ0v) is 15.1. The lowest BCUT2D eigenvalue weighted by atomic mass is 10.1. The molecule has 1 atom stereocenters. The number of hydrogen-bond donors (Lipinski definition) is 2. The van der Waals surface area contributed by atoms with Crippen LogP contribution in [-0.2, 0) is 19.2 Å². The SMILES string of the molecule is CO/N=C(\C(=O)NC([C]=O)c1ccccc1)c1csc(NC(=O)CCl)n1. The summed E-state index contributed by atoms with van der Waals surface area (Å²) < 4.78 is 0. The molecule has 1 aromatic carbocycles. The summed E-state index contributed by atoms with van der Waals surface area (Å²) in [6.45, 7) is 0. The molecule has 1 aromatic heterocycles. The van der Waals surface area contributed by atoms with Crippen molar-refractivity contribution in [2.75, 3.05) is 18.3 Å². The second-order valence-corrected chi connectivity index (χ2v) is 5.90. The molecule has 2 amide bonds. The number of carbonyl (C=O) groups is 2. The van der Waals surface area contributed by atoms with Crippen molar-refractivity contribution in [2.24, 2.45) is 5.16 Å². The highest BCUT2D eigenvalue weighted by atomic mass is 35.5. The van der Waals surface area contributed by atoms with Crippen LogP contribution < -0.4 is 10.6 Å². The Labute approximate surface area is 158 Å². The van der Waals surface area contributed by atoms with Crippen molar-refractivity contribution in [1.29, 1.82) is 0 Å². The van der Waals surface area contributed by atoms with Gasteiger partial charge in [0.2, 0.25) is 12.2 Å². The molecular formula is C16H14ClN4O4S. The van der Waals surface area contributed by atoms with Gasteiger partial charge in [0.15, 0.2) is 10.8 Å². The summed E-state index contributed by atoms with van der Waals surface area (Å²) in [5.41, 5.74) is 0.601. The number of anilines is 1. The molecule has 2 N–H and O–H groups in total. The van der Waals surface area contributed by atoms with E-state index in [4.69, 9.17) is 16.4 Å². The van der Waals surface area contributed by atoms with Gasteiger partial charge in [0.25, 0.3) is 5.91 Å². The van der Waals surface area contributed by atoms with Crippen LogP contribution in [0.1, 0.15) is 17.3 Å². The fraction of sp³-hybridized carbons (Fsp3) is 0.188. The minimum Gasteiger partial charge on any atom is -0.398 e. The minimum atomic E-state index is -0.972. The number of carbonyl (C=O) groups excluding carboxylic acids is 3. The second-order valence-electron chi connectivity index (χ2n) is 4.78. The Morgan fingerprint density at radius 3 is 2.73 bits per heavy atom. The molecule has 1 unspecified atom stereocenters. The Morgan fingerprint density at radius 2 is 2.12 bits per heavy atom. The van der Waals surface area contributed by atoms with E-state index in [0.717, 1.165) is 11.3 Å². The maximum absolute atomic E-state index is 12.5. The van der Waals surface area contributed by atoms with Gasteiger partial charge in [0, 0.05) is 5.38 Å². The van der Waals surface area contributed by atoms with Crippen molar-refractivity contribution in [3.8, 4) is 0 Å². The van der Waals surface area contributed by atoms with Crippen LogP contribution in [0.2, 0.25) is 0 Å². The topological polar surface area (TPSA) is 110 Å². The molecule has 0 saturated heterocycles. The van der Waals surface area contributed by atoms with Gasteiger partial charge in [-0.15, -0.1) is 22.9 Å². The molecule has 0 fully saturated rings. The highest BCUT2D eigenvalue weighted by Gasteiger charge is 2.23. The number of thiazole rings is 1. The predicted octanol–water partition coefficient (Wildman–Crippen LogP) is 1.64. The summed E-state index contributed by atoms with van der Waals surface area (Å²) >= 11 is 6.51. The first kappa shape index (κ1) is 19.5. The molecular weight excluding hydrogens is 380 g/mol. The van der Waals surface area contributed by atoms with Crippen LogP contribution in [-0.4, -0.2) is 41.8 Å². The number of nitrogens with one attached hydrogen (secondary N) is 2. The van der Waals surface area contributed by atoms with E-state index in [1.165, 1.54) is 12.5 Å². The molecule has 135 valence electrons. The summed E-state index contributed by atoms with van der Waals surface area (Å²) in [4.78, 5) is 43.9. The third-order valence-corrected chi connectivity index (χ3v) is 4.04. The molecule has 8 nitrogen and oxygen atoms in total. The molecule has 1 heterocycles. The molecule has 1 radical (unpaired) electrons. The molecule has 10 heteroatoms. The van der Waals surface area contributed by atoms with Crippen LogP contribution in [0.4, 0.5) is 5.13 Å². The van der Waals surface area contributed by atoms with Gasteiger partial charge in [-0.3, -0.25) is 14.4 Å². The highest BCUT2D eigenvalue weighted by molar-refractivity contribution is 7.14. The number of aromatic nitrogens is 1. The van der Waals surface area contributed by atoms with Gasteiger partial charge >= 0.3 is 0 Å². The number of nitrogens with zero attached hydrogens (tertiary/aromatic N) is 2. The number of rotatable bonds is 8. The molecule has 0 saturated carbocycles. The van der Waals surface area contributed by atoms with Crippen molar-refractivity contribution >= 4 is 51.9 Å². The van der Waals surface area contributed by atoms with Crippen LogP contribution in [0, 0.1) is 0 Å². The van der Waals surface area contributed by atoms with Crippen LogP contribution >= 0.6 is 22.9 Å². The zero-order chi connectivity index (χ0) is 18.9. The van der Waals surface area contributed by atoms with E-state index >= 15 is 0 Å². The first-order valence-corrected chi connectivity index (χ1v) is 8.66. The Balaban J connectivity index is 2.18. The van der Waals surface area contributed by atoms with E-state index in [0.29, 0.717) is 5.56 Å². The fourth-order valence-electron chi connectivity index (χ4n) is 1.91. The molecule has 0 bridgehead atoms. The van der Waals surface area contributed by atoms with E-state index in [9.17, 15) is 14.4 Å². The molecule has 0 spiro atoms. The first-order valence-electron chi connectivity index (χ1n) is 7.25. The van der Waals surface area contributed by atoms with Gasteiger partial charge < -0.3 is 15.5 Å². The predicted molar refractivity (Wildman–Crippen MR) is 98.0 cm³/mol. The maximum atomic E-state index is 12.5. The van der Waals surface area contributed by atoms with Gasteiger partial charge in [-0.2, -0.15) is 0 Å². The monoisotopic (exact) mass is 393 g/mol. The van der Waals surface area contributed by atoms with Gasteiger partial charge in [-0.25, -0.2) is 4.98 Å². The fourth-order valence-corrected chi connectivity index (χ4v) is 2.69. The van der Waals surface area contributed by atoms with Crippen LogP contribution in [0.3, 0.4) is 0 Å². The number of benzene rings is 1. The molecule has 0 aliphatic carbocycles. The number of alkyl halides is 1. The van der Waals surface area contributed by atoms with Crippen molar-refractivity contribution in [1.82, 2.24) is 10.3 Å². The number of oxime groups is 1. The average Bonchev–Trinajstić information content (AvgIpc) is 3.12. The highest BCUT2D eigenvalue weighted by Crippen LogP contribution is 2.17. The van der Waals surface area contributed by atoms with Crippen LogP contribution in [0.15, 0.2) is 40.9 Å². The lowest BCUT2D eigenvalue weighted by molar-refractivity contribution is -0.115. The van der Waals surface area contributed by atoms with Crippen LogP contribution in [0.5, 0.6) is 0 Å². The summed E-state index contributed by atoms with van der Waals surface area (Å²) in [7, 11) is 1.27. The van der Waals surface area contributed by atoms with E-state index < -0.39 is 17.9 Å². The summed E-state index contributed by atoms with van der Waals surface area (Å²) in [6, 6.07) is 7.67. The lowest BCUT2D eigenvalue weighted by Gasteiger charge is -2.12. The standard InChI is InChI=1S/C16H14ClN4O4S/c1-25-21-14(12-9-26-16(19-12)20-13(23)7-17)15(24)18-11(8-22)10-5-3-2-4-6-10/h2-6,9,11H,7H2,1H3,(H,18,24)(H,19,20,23)/b21-14-. The normalized spacial score (nSPS) is 12.2. The second kappa shape index (κ2) is 9.64. The minimum absolute atomic E-state index is 0.147. The third-order valence-electron chi connectivity index (χ3n) is 3.04. The number of amides is 2. The van der Waals surface area contributed by atoms with Crippen LogP contribution in [0.25, 0.3) is 0 Å². The Kier molecular flexibility index (Phi) is 7.24. The number of halogens is 1. The van der Waals surface area contributed by atoms with E-state index in [1.54, 1.807) is 36.6 Å². The van der Waals surface area contributed by atoms with E-state index in [1.807, 2.05) is 0 Å². The van der Waals surface area contributed by atoms with Gasteiger partial charge in [0.1, 0.15) is 24.7 Å². The maximum Gasteiger partial charge on any atom is 0.276 e. The van der Waals surface area contributed by atoms with Crippen molar-refractivity contribution in [3.05, 3.63) is 47.0 Å². The van der Waals surface area contributed by atoms with Gasteiger partial charge in [0.05, 0.1) is 0 Å². The van der Waals surface area contributed by atoms with Crippen molar-refractivity contribution in [2.45, 2.75) is 6.04 Å². The molecule has 2 rings (SSSR count). The Hall–Kier alpha value is -2.78. The average molecular weight is 394 g/mol. The van der Waals surface area contributed by atoms with Crippen molar-refractivity contribution in [3.63, 3.8) is 0 Å².